The first-order valence-electron chi connectivity index (χ1n) is 10.5. The van der Waals surface area contributed by atoms with Crippen LogP contribution >= 0.6 is 27.5 Å². The van der Waals surface area contributed by atoms with Crippen molar-refractivity contribution in [3.63, 3.8) is 0 Å². The van der Waals surface area contributed by atoms with Gasteiger partial charge in [-0.25, -0.2) is 9.69 Å². The Bertz CT molecular complexity index is 1340. The van der Waals surface area contributed by atoms with Gasteiger partial charge in [0.2, 0.25) is 11.8 Å². The molecular formula is C26H17BrClNO4. The summed E-state index contributed by atoms with van der Waals surface area (Å²) < 4.78 is 3.99. The first-order chi connectivity index (χ1) is 15.9. The molecule has 1 fully saturated rings. The molecule has 7 heteroatoms. The Hall–Kier alpha value is -2.96. The summed E-state index contributed by atoms with van der Waals surface area (Å²) in [5.74, 6) is -2.60. The summed E-state index contributed by atoms with van der Waals surface area (Å²) >= 11 is 10.1. The molecule has 5 nitrogen and oxygen atoms in total. The number of imide groups is 1. The summed E-state index contributed by atoms with van der Waals surface area (Å²) in [7, 11) is 1.26. The maximum absolute atomic E-state index is 13.9. The molecule has 0 saturated carbocycles. The topological polar surface area (TPSA) is 63.7 Å². The van der Waals surface area contributed by atoms with E-state index in [2.05, 4.69) is 15.9 Å². The van der Waals surface area contributed by atoms with Crippen LogP contribution in [0.5, 0.6) is 0 Å². The van der Waals surface area contributed by atoms with Gasteiger partial charge in [0.25, 0.3) is 0 Å². The maximum atomic E-state index is 13.9. The maximum Gasteiger partial charge on any atom is 0.339 e. The number of alkyl halides is 1. The van der Waals surface area contributed by atoms with Crippen molar-refractivity contribution in [1.82, 2.24) is 0 Å². The van der Waals surface area contributed by atoms with Gasteiger partial charge in [-0.3, -0.25) is 9.59 Å². The molecule has 0 aromatic heterocycles. The smallest absolute Gasteiger partial charge is 0.339 e. The van der Waals surface area contributed by atoms with E-state index >= 15 is 0 Å². The highest BCUT2D eigenvalue weighted by atomic mass is 79.9. The number of rotatable bonds is 2. The predicted molar refractivity (Wildman–Crippen MR) is 127 cm³/mol. The number of methoxy groups -OCH3 is 1. The molecule has 2 amide bonds. The molecule has 4 aliphatic rings. The lowest BCUT2D eigenvalue weighted by Gasteiger charge is -2.51. The predicted octanol–water partition coefficient (Wildman–Crippen LogP) is 5.03. The number of carbonyl (C=O) groups excluding carboxylic acids is 3. The van der Waals surface area contributed by atoms with E-state index in [-0.39, 0.29) is 28.3 Å². The molecule has 0 unspecified atom stereocenters. The monoisotopic (exact) mass is 521 g/mol. The Labute approximate surface area is 203 Å². The average Bonchev–Trinajstić information content (AvgIpc) is 3.11. The summed E-state index contributed by atoms with van der Waals surface area (Å²) in [6.07, 6.45) is 0. The van der Waals surface area contributed by atoms with Crippen LogP contribution in [0, 0.1) is 11.8 Å². The lowest BCUT2D eigenvalue weighted by Crippen LogP contribution is -2.50. The Morgan fingerprint density at radius 3 is 2.18 bits per heavy atom. The van der Waals surface area contributed by atoms with Crippen molar-refractivity contribution >= 4 is 51.0 Å². The van der Waals surface area contributed by atoms with E-state index in [9.17, 15) is 14.4 Å². The third kappa shape index (κ3) is 2.51. The van der Waals surface area contributed by atoms with Gasteiger partial charge >= 0.3 is 5.97 Å². The molecule has 1 heterocycles. The first-order valence-corrected chi connectivity index (χ1v) is 11.7. The number of halogens is 2. The molecule has 164 valence electrons. The van der Waals surface area contributed by atoms with Crippen molar-refractivity contribution < 1.29 is 19.1 Å². The Morgan fingerprint density at radius 2 is 1.58 bits per heavy atom. The number of nitrogens with zero attached hydrogens (tertiary/aromatic N) is 1. The van der Waals surface area contributed by atoms with Crippen molar-refractivity contribution in [3.8, 4) is 0 Å². The second kappa shape index (κ2) is 7.02. The van der Waals surface area contributed by atoms with Gasteiger partial charge in [0.15, 0.2) is 0 Å². The van der Waals surface area contributed by atoms with Crippen LogP contribution in [0.2, 0.25) is 5.02 Å². The average molecular weight is 523 g/mol. The van der Waals surface area contributed by atoms with Crippen LogP contribution in [-0.2, 0) is 18.7 Å². The summed E-state index contributed by atoms with van der Waals surface area (Å²) in [5, 5.41) is 0.193. The molecule has 3 aromatic rings. The van der Waals surface area contributed by atoms with E-state index < -0.39 is 22.1 Å². The summed E-state index contributed by atoms with van der Waals surface area (Å²) in [4.78, 5) is 41.2. The minimum Gasteiger partial charge on any atom is -0.465 e. The zero-order valence-electron chi connectivity index (χ0n) is 17.4. The van der Waals surface area contributed by atoms with Gasteiger partial charge in [-0.2, -0.15) is 0 Å². The number of benzene rings is 3. The molecule has 0 radical (unpaired) electrons. The molecule has 3 aliphatic carbocycles. The summed E-state index contributed by atoms with van der Waals surface area (Å²) in [5.41, 5.74) is 4.57. The van der Waals surface area contributed by atoms with Gasteiger partial charge in [-0.1, -0.05) is 76.1 Å². The number of carbonyl (C=O) groups is 3. The van der Waals surface area contributed by atoms with E-state index in [1.165, 1.54) is 24.1 Å². The fourth-order valence-corrected chi connectivity index (χ4v) is 7.25. The Morgan fingerprint density at radius 1 is 0.970 bits per heavy atom. The van der Waals surface area contributed by atoms with Crippen LogP contribution in [0.1, 0.15) is 38.5 Å². The molecule has 2 atom stereocenters. The van der Waals surface area contributed by atoms with Crippen molar-refractivity contribution in [2.45, 2.75) is 10.2 Å². The van der Waals surface area contributed by atoms with Gasteiger partial charge < -0.3 is 4.74 Å². The van der Waals surface area contributed by atoms with E-state index in [1.54, 1.807) is 6.07 Å². The van der Waals surface area contributed by atoms with E-state index in [4.69, 9.17) is 16.3 Å². The number of ether oxygens (including phenoxy) is 1. The highest BCUT2D eigenvalue weighted by Crippen LogP contribution is 2.66. The Kier molecular flexibility index (Phi) is 4.39. The number of hydrogen-bond donors (Lipinski definition) is 0. The lowest BCUT2D eigenvalue weighted by atomic mass is 9.55. The molecule has 33 heavy (non-hydrogen) atoms. The fraction of sp³-hybridized carbons (Fsp3) is 0.192. The minimum absolute atomic E-state index is 0.107. The van der Waals surface area contributed by atoms with Crippen LogP contribution in [0.4, 0.5) is 5.69 Å². The van der Waals surface area contributed by atoms with Crippen molar-refractivity contribution in [3.05, 3.63) is 99.6 Å². The van der Waals surface area contributed by atoms with Crippen molar-refractivity contribution in [2.75, 3.05) is 12.0 Å². The molecule has 0 spiro atoms. The van der Waals surface area contributed by atoms with E-state index in [0.29, 0.717) is 5.69 Å². The number of anilines is 1. The fourth-order valence-electron chi connectivity index (χ4n) is 5.85. The third-order valence-electron chi connectivity index (χ3n) is 7.13. The van der Waals surface area contributed by atoms with Gasteiger partial charge in [0.05, 0.1) is 39.5 Å². The van der Waals surface area contributed by atoms with E-state index in [0.717, 1.165) is 22.3 Å². The number of esters is 1. The highest BCUT2D eigenvalue weighted by Gasteiger charge is 2.67. The Balaban J connectivity index is 1.55. The third-order valence-corrected chi connectivity index (χ3v) is 8.81. The van der Waals surface area contributed by atoms with Crippen LogP contribution < -0.4 is 4.90 Å². The highest BCUT2D eigenvalue weighted by molar-refractivity contribution is 9.09. The standard InChI is InChI=1S/C26H17BrClNO4/c1-33-25(32)16-12-13(10-11-19(16)28)29-23(30)21-20-14-6-2-4-8-17(14)26(27,22(21)24(29)31)18-9-5-3-7-15(18)20/h2-12,20-22H,1H3/t20?,21-,22-,26?/m1/s1. The van der Waals surface area contributed by atoms with Crippen molar-refractivity contribution in [2.24, 2.45) is 11.8 Å². The number of amides is 2. The second-order valence-corrected chi connectivity index (χ2v) is 10.2. The summed E-state index contributed by atoms with van der Waals surface area (Å²) in [6, 6.07) is 20.5. The molecule has 1 aliphatic heterocycles. The second-order valence-electron chi connectivity index (χ2n) is 8.54. The molecule has 0 N–H and O–H groups in total. The van der Waals surface area contributed by atoms with Crippen LogP contribution in [0.15, 0.2) is 66.7 Å². The molecule has 7 rings (SSSR count). The van der Waals surface area contributed by atoms with E-state index in [1.807, 2.05) is 48.5 Å². The van der Waals surface area contributed by atoms with Gasteiger partial charge in [-0.05, 0) is 40.5 Å². The largest absolute Gasteiger partial charge is 0.465 e. The zero-order valence-corrected chi connectivity index (χ0v) is 19.8. The summed E-state index contributed by atoms with van der Waals surface area (Å²) in [6.45, 7) is 0. The molecule has 3 aromatic carbocycles. The normalized spacial score (nSPS) is 26.6. The molecular weight excluding hydrogens is 506 g/mol. The minimum atomic E-state index is -0.821. The lowest BCUT2D eigenvalue weighted by molar-refractivity contribution is -0.122. The molecule has 2 bridgehead atoms. The SMILES string of the molecule is COC(=O)c1cc(N2C(=O)[C@@H]3C4c5ccccc5C(Br)(c5ccccc54)[C@H]3C2=O)ccc1Cl. The van der Waals surface area contributed by atoms with Crippen LogP contribution in [-0.4, -0.2) is 24.9 Å². The first kappa shape index (κ1) is 20.6. The van der Waals surface area contributed by atoms with Crippen LogP contribution in [0.25, 0.3) is 0 Å². The van der Waals surface area contributed by atoms with Gasteiger partial charge in [0.1, 0.15) is 0 Å². The number of hydrogen-bond acceptors (Lipinski definition) is 4. The quantitative estimate of drug-likeness (QED) is 0.269. The van der Waals surface area contributed by atoms with Crippen molar-refractivity contribution in [1.29, 1.82) is 0 Å². The van der Waals surface area contributed by atoms with Gasteiger partial charge in [-0.15, -0.1) is 0 Å². The van der Waals surface area contributed by atoms with Gasteiger partial charge in [0, 0.05) is 5.92 Å². The zero-order chi connectivity index (χ0) is 23.1. The van der Waals surface area contributed by atoms with Crippen LogP contribution in [0.3, 0.4) is 0 Å². The molecule has 1 saturated heterocycles.